The number of nitrogens with one attached hydrogen (secondary N) is 1. The summed E-state index contributed by atoms with van der Waals surface area (Å²) in [7, 11) is 0. The summed E-state index contributed by atoms with van der Waals surface area (Å²) in [5.41, 5.74) is 0.862. The van der Waals surface area contributed by atoms with Crippen molar-refractivity contribution in [2.45, 2.75) is 26.3 Å². The highest BCUT2D eigenvalue weighted by Gasteiger charge is 2.11. The number of para-hydroxylation sites is 1. The first-order chi connectivity index (χ1) is 8.20. The molecule has 0 amide bonds. The molecule has 2 aromatic rings. The molecule has 0 radical (unpaired) electrons. The third-order valence-corrected chi connectivity index (χ3v) is 3.51. The van der Waals surface area contributed by atoms with E-state index in [2.05, 4.69) is 22.4 Å². The normalized spacial score (nSPS) is 12.4. The van der Waals surface area contributed by atoms with Gasteiger partial charge in [-0.3, -0.25) is 0 Å². The fraction of sp³-hybridized carbons (Fsp3) is 0.333. The van der Waals surface area contributed by atoms with Crippen molar-refractivity contribution >= 4 is 16.5 Å². The average Bonchev–Trinajstić information content (AvgIpc) is 2.77. The van der Waals surface area contributed by atoms with Crippen LogP contribution >= 0.6 is 11.3 Å². The number of rotatable bonds is 4. The summed E-state index contributed by atoms with van der Waals surface area (Å²) < 4.78 is 0. The van der Waals surface area contributed by atoms with E-state index in [1.807, 2.05) is 25.1 Å². The van der Waals surface area contributed by atoms with Gasteiger partial charge in [0.05, 0.1) is 6.04 Å². The van der Waals surface area contributed by atoms with Gasteiger partial charge in [0.15, 0.2) is 0 Å². The second-order valence-corrected chi connectivity index (χ2v) is 4.84. The third-order valence-electron chi connectivity index (χ3n) is 2.51. The van der Waals surface area contributed by atoms with Gasteiger partial charge in [-0.05, 0) is 19.4 Å². The summed E-state index contributed by atoms with van der Waals surface area (Å²) in [5.74, 6) is 0.299. The minimum Gasteiger partial charge on any atom is -0.508 e. The monoisotopic (exact) mass is 249 g/mol. The molecular formula is C12H15N3OS. The van der Waals surface area contributed by atoms with Gasteiger partial charge < -0.3 is 10.4 Å². The zero-order valence-electron chi connectivity index (χ0n) is 9.84. The molecule has 0 saturated carbocycles. The number of benzene rings is 1. The number of aryl methyl sites for hydroxylation is 1. The van der Waals surface area contributed by atoms with Crippen LogP contribution in [0.1, 0.15) is 30.5 Å². The number of hydrogen-bond acceptors (Lipinski definition) is 5. The molecular weight excluding hydrogens is 234 g/mol. The number of anilines is 1. The van der Waals surface area contributed by atoms with Crippen LogP contribution in [0.25, 0.3) is 0 Å². The van der Waals surface area contributed by atoms with E-state index in [0.717, 1.165) is 22.1 Å². The molecule has 4 nitrogen and oxygen atoms in total. The molecule has 0 fully saturated rings. The van der Waals surface area contributed by atoms with Crippen molar-refractivity contribution in [1.29, 1.82) is 0 Å². The minimum atomic E-state index is 0.00820. The Morgan fingerprint density at radius 2 is 2.12 bits per heavy atom. The predicted octanol–water partition coefficient (Wildman–Crippen LogP) is 2.98. The summed E-state index contributed by atoms with van der Waals surface area (Å²) in [5, 5.41) is 22.9. The van der Waals surface area contributed by atoms with Gasteiger partial charge in [0, 0.05) is 5.56 Å². The van der Waals surface area contributed by atoms with Gasteiger partial charge in [-0.15, -0.1) is 10.2 Å². The zero-order valence-corrected chi connectivity index (χ0v) is 10.7. The molecule has 17 heavy (non-hydrogen) atoms. The van der Waals surface area contributed by atoms with Crippen molar-refractivity contribution < 1.29 is 5.11 Å². The molecule has 0 spiro atoms. The Labute approximate surface area is 104 Å². The Morgan fingerprint density at radius 1 is 1.35 bits per heavy atom. The highest BCUT2D eigenvalue weighted by atomic mass is 32.1. The number of phenolic OH excluding ortho intramolecular Hbond substituents is 1. The lowest BCUT2D eigenvalue weighted by atomic mass is 10.1. The van der Waals surface area contributed by atoms with E-state index in [0.29, 0.717) is 5.75 Å². The molecule has 1 heterocycles. The Hall–Kier alpha value is -1.62. The van der Waals surface area contributed by atoms with Gasteiger partial charge in [-0.1, -0.05) is 36.5 Å². The van der Waals surface area contributed by atoms with E-state index in [1.165, 1.54) is 0 Å². The van der Waals surface area contributed by atoms with Crippen LogP contribution in [-0.4, -0.2) is 15.3 Å². The maximum Gasteiger partial charge on any atom is 0.206 e. The summed E-state index contributed by atoms with van der Waals surface area (Å²) in [6.45, 7) is 4.04. The van der Waals surface area contributed by atoms with Gasteiger partial charge in [0.2, 0.25) is 5.13 Å². The fourth-order valence-electron chi connectivity index (χ4n) is 1.57. The van der Waals surface area contributed by atoms with Gasteiger partial charge >= 0.3 is 0 Å². The van der Waals surface area contributed by atoms with E-state index in [9.17, 15) is 5.11 Å². The standard InChI is InChI=1S/C12H15N3OS/c1-3-11-14-15-12(17-11)13-8(2)9-6-4-5-7-10(9)16/h4-8,16H,3H2,1-2H3,(H,13,15). The van der Waals surface area contributed by atoms with E-state index < -0.39 is 0 Å². The molecule has 0 saturated heterocycles. The Balaban J connectivity index is 2.11. The van der Waals surface area contributed by atoms with Crippen molar-refractivity contribution in [3.8, 4) is 5.75 Å². The maximum absolute atomic E-state index is 9.74. The van der Waals surface area contributed by atoms with Crippen LogP contribution in [0.15, 0.2) is 24.3 Å². The molecule has 0 aliphatic rings. The largest absolute Gasteiger partial charge is 0.508 e. The minimum absolute atomic E-state index is 0.00820. The fourth-order valence-corrected chi connectivity index (χ4v) is 2.34. The highest BCUT2D eigenvalue weighted by molar-refractivity contribution is 7.15. The molecule has 1 unspecified atom stereocenters. The van der Waals surface area contributed by atoms with Crippen molar-refractivity contribution in [2.24, 2.45) is 0 Å². The van der Waals surface area contributed by atoms with E-state index in [4.69, 9.17) is 0 Å². The van der Waals surface area contributed by atoms with Crippen LogP contribution in [0, 0.1) is 0 Å². The van der Waals surface area contributed by atoms with Crippen LogP contribution in [0.3, 0.4) is 0 Å². The molecule has 1 atom stereocenters. The summed E-state index contributed by atoms with van der Waals surface area (Å²) in [4.78, 5) is 0. The third kappa shape index (κ3) is 2.74. The number of nitrogens with zero attached hydrogens (tertiary/aromatic N) is 2. The molecule has 0 aliphatic heterocycles. The van der Waals surface area contributed by atoms with Crippen LogP contribution in [-0.2, 0) is 6.42 Å². The molecule has 2 rings (SSSR count). The average molecular weight is 249 g/mol. The lowest BCUT2D eigenvalue weighted by molar-refractivity contribution is 0.465. The van der Waals surface area contributed by atoms with Gasteiger partial charge in [0.25, 0.3) is 0 Å². The lowest BCUT2D eigenvalue weighted by Crippen LogP contribution is -2.06. The summed E-state index contributed by atoms with van der Waals surface area (Å²) >= 11 is 1.55. The van der Waals surface area contributed by atoms with Crippen molar-refractivity contribution in [2.75, 3.05) is 5.32 Å². The number of aromatic nitrogens is 2. The van der Waals surface area contributed by atoms with Crippen LogP contribution < -0.4 is 5.32 Å². The SMILES string of the molecule is CCc1nnc(NC(C)c2ccccc2O)s1. The van der Waals surface area contributed by atoms with E-state index in [-0.39, 0.29) is 6.04 Å². The first-order valence-electron chi connectivity index (χ1n) is 5.57. The van der Waals surface area contributed by atoms with Gasteiger partial charge in [0.1, 0.15) is 10.8 Å². The quantitative estimate of drug-likeness (QED) is 0.874. The maximum atomic E-state index is 9.74. The molecule has 2 N–H and O–H groups in total. The Bertz CT molecular complexity index is 498. The van der Waals surface area contributed by atoms with Crippen LogP contribution in [0.5, 0.6) is 5.75 Å². The number of aromatic hydroxyl groups is 1. The van der Waals surface area contributed by atoms with Crippen LogP contribution in [0.4, 0.5) is 5.13 Å². The Morgan fingerprint density at radius 3 is 2.76 bits per heavy atom. The molecule has 5 heteroatoms. The van der Waals surface area contributed by atoms with E-state index >= 15 is 0 Å². The smallest absolute Gasteiger partial charge is 0.206 e. The number of phenols is 1. The van der Waals surface area contributed by atoms with Crippen molar-refractivity contribution in [3.63, 3.8) is 0 Å². The molecule has 0 bridgehead atoms. The molecule has 1 aromatic heterocycles. The zero-order chi connectivity index (χ0) is 12.3. The molecule has 1 aromatic carbocycles. The number of hydrogen-bond donors (Lipinski definition) is 2. The second-order valence-electron chi connectivity index (χ2n) is 3.78. The summed E-state index contributed by atoms with van der Waals surface area (Å²) in [6.07, 6.45) is 0.893. The van der Waals surface area contributed by atoms with Crippen LogP contribution in [0.2, 0.25) is 0 Å². The highest BCUT2D eigenvalue weighted by Crippen LogP contribution is 2.27. The topological polar surface area (TPSA) is 58.0 Å². The summed E-state index contributed by atoms with van der Waals surface area (Å²) in [6, 6.07) is 7.31. The van der Waals surface area contributed by atoms with Gasteiger partial charge in [-0.25, -0.2) is 0 Å². The second kappa shape index (κ2) is 5.14. The molecule has 0 aliphatic carbocycles. The Kier molecular flexibility index (Phi) is 3.58. The van der Waals surface area contributed by atoms with E-state index in [1.54, 1.807) is 17.4 Å². The van der Waals surface area contributed by atoms with Gasteiger partial charge in [-0.2, -0.15) is 0 Å². The molecule has 90 valence electrons. The lowest BCUT2D eigenvalue weighted by Gasteiger charge is -2.13. The first kappa shape index (κ1) is 11.9. The van der Waals surface area contributed by atoms with Crippen molar-refractivity contribution in [3.05, 3.63) is 34.8 Å². The predicted molar refractivity (Wildman–Crippen MR) is 69.4 cm³/mol. The first-order valence-corrected chi connectivity index (χ1v) is 6.39. The van der Waals surface area contributed by atoms with Crippen molar-refractivity contribution in [1.82, 2.24) is 10.2 Å².